The predicted octanol–water partition coefficient (Wildman–Crippen LogP) is 4.17. The van der Waals surface area contributed by atoms with Crippen LogP contribution >= 0.6 is 0 Å². The van der Waals surface area contributed by atoms with E-state index in [1.54, 1.807) is 12.3 Å². The van der Waals surface area contributed by atoms with Crippen LogP contribution in [0.1, 0.15) is 40.4 Å². The van der Waals surface area contributed by atoms with Gasteiger partial charge in [0, 0.05) is 42.9 Å². The van der Waals surface area contributed by atoms with Crippen molar-refractivity contribution in [3.05, 3.63) is 71.3 Å². The number of fused-ring (bicyclic) bond motifs is 1. The zero-order chi connectivity index (χ0) is 19.8. The van der Waals surface area contributed by atoms with Crippen LogP contribution in [0.15, 0.2) is 48.7 Å². The van der Waals surface area contributed by atoms with Crippen molar-refractivity contribution in [3.63, 3.8) is 0 Å². The quantitative estimate of drug-likeness (QED) is 0.729. The topological polar surface area (TPSA) is 58.2 Å². The third-order valence-electron chi connectivity index (χ3n) is 5.91. The van der Waals surface area contributed by atoms with Gasteiger partial charge in [-0.2, -0.15) is 5.10 Å². The van der Waals surface area contributed by atoms with Crippen molar-refractivity contribution in [1.82, 2.24) is 15.1 Å². The molecule has 0 unspecified atom stereocenters. The van der Waals surface area contributed by atoms with Crippen LogP contribution in [0.5, 0.6) is 5.75 Å². The number of ether oxygens (including phenoxy) is 1. The van der Waals surface area contributed by atoms with Gasteiger partial charge in [-0.1, -0.05) is 6.07 Å². The molecular formula is C23H22FN3O2. The van der Waals surface area contributed by atoms with Crippen LogP contribution in [-0.2, 0) is 6.42 Å². The lowest BCUT2D eigenvalue weighted by atomic mass is 9.93. The molecular weight excluding hydrogens is 369 g/mol. The second-order valence-electron chi connectivity index (χ2n) is 7.73. The zero-order valence-corrected chi connectivity index (χ0v) is 16.0. The molecule has 2 aliphatic heterocycles. The van der Waals surface area contributed by atoms with Gasteiger partial charge in [-0.3, -0.25) is 9.89 Å². The van der Waals surface area contributed by atoms with Gasteiger partial charge >= 0.3 is 0 Å². The number of H-pyrrole nitrogens is 1. The molecule has 1 aromatic heterocycles. The molecule has 1 amide bonds. The molecule has 2 aromatic carbocycles. The van der Waals surface area contributed by atoms with Gasteiger partial charge < -0.3 is 9.64 Å². The Hall–Kier alpha value is -3.15. The maximum absolute atomic E-state index is 14.4. The number of nitrogens with zero attached hydrogens (tertiary/aromatic N) is 2. The predicted molar refractivity (Wildman–Crippen MR) is 108 cm³/mol. The summed E-state index contributed by atoms with van der Waals surface area (Å²) in [5, 5.41) is 7.04. The van der Waals surface area contributed by atoms with Gasteiger partial charge in [-0.05, 0) is 65.9 Å². The number of benzene rings is 2. The van der Waals surface area contributed by atoms with Crippen LogP contribution in [0, 0.1) is 5.82 Å². The van der Waals surface area contributed by atoms with E-state index in [1.165, 1.54) is 12.1 Å². The summed E-state index contributed by atoms with van der Waals surface area (Å²) in [4.78, 5) is 14.9. The summed E-state index contributed by atoms with van der Waals surface area (Å²) in [7, 11) is 0. The van der Waals surface area contributed by atoms with E-state index < -0.39 is 5.82 Å². The summed E-state index contributed by atoms with van der Waals surface area (Å²) < 4.78 is 19.9. The Kier molecular flexibility index (Phi) is 4.54. The Morgan fingerprint density at radius 2 is 1.97 bits per heavy atom. The summed E-state index contributed by atoms with van der Waals surface area (Å²) in [5.74, 6) is 0.771. The van der Waals surface area contributed by atoms with E-state index in [9.17, 15) is 9.18 Å². The molecule has 0 atom stereocenters. The zero-order valence-electron chi connectivity index (χ0n) is 16.0. The summed E-state index contributed by atoms with van der Waals surface area (Å²) >= 11 is 0. The van der Waals surface area contributed by atoms with E-state index >= 15 is 0 Å². The molecule has 3 heterocycles. The van der Waals surface area contributed by atoms with E-state index in [0.29, 0.717) is 31.2 Å². The third-order valence-corrected chi connectivity index (χ3v) is 5.91. The molecule has 2 aliphatic rings. The molecule has 6 heteroatoms. The van der Waals surface area contributed by atoms with E-state index in [1.807, 2.05) is 29.2 Å². The van der Waals surface area contributed by atoms with Crippen LogP contribution < -0.4 is 4.74 Å². The number of carbonyl (C=O) groups excluding carboxylic acids is 1. The molecule has 148 valence electrons. The first-order valence-corrected chi connectivity index (χ1v) is 10.0. The maximum Gasteiger partial charge on any atom is 0.253 e. The molecule has 29 heavy (non-hydrogen) atoms. The molecule has 0 saturated carbocycles. The number of aromatic amines is 1. The van der Waals surface area contributed by atoms with E-state index in [0.717, 1.165) is 47.4 Å². The number of nitrogens with one attached hydrogen (secondary N) is 1. The van der Waals surface area contributed by atoms with E-state index in [4.69, 9.17) is 4.74 Å². The number of hydrogen-bond donors (Lipinski definition) is 1. The molecule has 5 nitrogen and oxygen atoms in total. The van der Waals surface area contributed by atoms with E-state index in [2.05, 4.69) is 10.2 Å². The normalized spacial score (nSPS) is 16.5. The molecule has 1 N–H and O–H groups in total. The minimum atomic E-state index is -0.394. The fourth-order valence-corrected chi connectivity index (χ4v) is 4.32. The van der Waals surface area contributed by atoms with Crippen LogP contribution in [0.25, 0.3) is 11.1 Å². The van der Waals surface area contributed by atoms with Crippen molar-refractivity contribution in [3.8, 4) is 16.9 Å². The fourth-order valence-electron chi connectivity index (χ4n) is 4.32. The first kappa shape index (κ1) is 17.9. The van der Waals surface area contributed by atoms with Crippen LogP contribution in [0.4, 0.5) is 4.39 Å². The molecule has 1 saturated heterocycles. The molecule has 0 radical (unpaired) electrons. The molecule has 1 fully saturated rings. The minimum absolute atomic E-state index is 0.113. The van der Waals surface area contributed by atoms with Gasteiger partial charge in [0.1, 0.15) is 11.6 Å². The second-order valence-corrected chi connectivity index (χ2v) is 7.73. The number of halogens is 1. The maximum atomic E-state index is 14.4. The van der Waals surface area contributed by atoms with Crippen molar-refractivity contribution in [2.75, 3.05) is 19.7 Å². The lowest BCUT2D eigenvalue weighted by Gasteiger charge is -2.31. The second kappa shape index (κ2) is 7.35. The first-order chi connectivity index (χ1) is 14.2. The van der Waals surface area contributed by atoms with Crippen molar-refractivity contribution >= 4 is 5.91 Å². The number of carbonyl (C=O) groups is 1. The average molecular weight is 391 g/mol. The van der Waals surface area contributed by atoms with Crippen molar-refractivity contribution in [2.24, 2.45) is 0 Å². The van der Waals surface area contributed by atoms with Crippen LogP contribution in [0.3, 0.4) is 0 Å². The van der Waals surface area contributed by atoms with Crippen molar-refractivity contribution in [2.45, 2.75) is 25.2 Å². The van der Waals surface area contributed by atoms with Crippen LogP contribution in [0.2, 0.25) is 0 Å². The van der Waals surface area contributed by atoms with Gasteiger partial charge in [-0.25, -0.2) is 4.39 Å². The molecule has 0 aliphatic carbocycles. The molecule has 5 rings (SSSR count). The third kappa shape index (κ3) is 3.50. The van der Waals surface area contributed by atoms with E-state index in [-0.39, 0.29) is 5.91 Å². The number of rotatable bonds is 3. The summed E-state index contributed by atoms with van der Waals surface area (Å²) in [6, 6.07) is 12.5. The SMILES string of the molecule is O=C(c1cc(F)cc(-c2ccc3c(c2)CCO3)c1)N1CCC(c2ccn[nH]2)CC1. The monoisotopic (exact) mass is 391 g/mol. The number of likely N-dealkylation sites (tertiary alicyclic amines) is 1. The Bertz CT molecular complexity index is 1040. The highest BCUT2D eigenvalue weighted by Crippen LogP contribution is 2.32. The molecule has 0 bridgehead atoms. The first-order valence-electron chi connectivity index (χ1n) is 10.0. The number of piperidine rings is 1. The van der Waals surface area contributed by atoms with Gasteiger partial charge in [-0.15, -0.1) is 0 Å². The fraction of sp³-hybridized carbons (Fsp3) is 0.304. The van der Waals surface area contributed by atoms with Gasteiger partial charge in [0.05, 0.1) is 6.61 Å². The van der Waals surface area contributed by atoms with Gasteiger partial charge in [0.15, 0.2) is 0 Å². The lowest BCUT2D eigenvalue weighted by Crippen LogP contribution is -2.38. The Balaban J connectivity index is 1.35. The van der Waals surface area contributed by atoms with Crippen molar-refractivity contribution in [1.29, 1.82) is 0 Å². The highest BCUT2D eigenvalue weighted by Gasteiger charge is 2.26. The highest BCUT2D eigenvalue weighted by molar-refractivity contribution is 5.95. The standard InChI is InChI=1S/C23H22FN3O2/c24-20-13-18(16-1-2-22-17(11-16)6-10-29-22)12-19(14-20)23(28)27-8-4-15(5-9-27)21-3-7-25-26-21/h1-3,7,11-15H,4-6,8-10H2,(H,25,26). The Morgan fingerprint density at radius 1 is 1.10 bits per heavy atom. The summed E-state index contributed by atoms with van der Waals surface area (Å²) in [5.41, 5.74) is 4.26. The number of aromatic nitrogens is 2. The average Bonchev–Trinajstić information content (AvgIpc) is 3.44. The number of hydrogen-bond acceptors (Lipinski definition) is 3. The van der Waals surface area contributed by atoms with Gasteiger partial charge in [0.25, 0.3) is 5.91 Å². The minimum Gasteiger partial charge on any atom is -0.493 e. The Labute approximate surface area is 168 Å². The Morgan fingerprint density at radius 3 is 2.76 bits per heavy atom. The smallest absolute Gasteiger partial charge is 0.253 e. The number of amides is 1. The van der Waals surface area contributed by atoms with Gasteiger partial charge in [0.2, 0.25) is 0 Å². The lowest BCUT2D eigenvalue weighted by molar-refractivity contribution is 0.0711. The molecule has 3 aromatic rings. The van der Waals surface area contributed by atoms with Crippen molar-refractivity contribution < 1.29 is 13.9 Å². The van der Waals surface area contributed by atoms with Crippen LogP contribution in [-0.4, -0.2) is 40.7 Å². The largest absolute Gasteiger partial charge is 0.493 e. The molecule has 0 spiro atoms. The summed E-state index contributed by atoms with van der Waals surface area (Å²) in [6.07, 6.45) is 4.36. The highest BCUT2D eigenvalue weighted by atomic mass is 19.1. The summed E-state index contributed by atoms with van der Waals surface area (Å²) in [6.45, 7) is 2.00.